The zero-order valence-corrected chi connectivity index (χ0v) is 8.04. The minimum absolute atomic E-state index is 0.225. The van der Waals surface area contributed by atoms with Crippen molar-refractivity contribution in [3.63, 3.8) is 0 Å². The number of rotatable bonds is 3. The summed E-state index contributed by atoms with van der Waals surface area (Å²) in [5.41, 5.74) is 7.33. The van der Waals surface area contributed by atoms with Crippen molar-refractivity contribution in [2.45, 2.75) is 12.8 Å². The molecule has 2 rings (SSSR count). The topological polar surface area (TPSA) is 91.7 Å². The van der Waals surface area contributed by atoms with Gasteiger partial charge in [-0.1, -0.05) is 6.07 Å². The number of aryl methyl sites for hydroxylation is 1. The van der Waals surface area contributed by atoms with Gasteiger partial charge in [0.25, 0.3) is 0 Å². The van der Waals surface area contributed by atoms with Gasteiger partial charge < -0.3 is 15.7 Å². The molecule has 78 valence electrons. The summed E-state index contributed by atoms with van der Waals surface area (Å²) in [6.45, 7) is 0. The van der Waals surface area contributed by atoms with Crippen LogP contribution in [0.25, 0.3) is 11.0 Å². The van der Waals surface area contributed by atoms with Crippen LogP contribution in [0.4, 0.5) is 0 Å². The summed E-state index contributed by atoms with van der Waals surface area (Å²) < 4.78 is 0. The number of hydrogen-bond donors (Lipinski definition) is 3. The van der Waals surface area contributed by atoms with E-state index < -0.39 is 0 Å². The molecule has 1 aromatic carbocycles. The van der Waals surface area contributed by atoms with Gasteiger partial charge >= 0.3 is 5.69 Å². The van der Waals surface area contributed by atoms with Crippen LogP contribution < -0.4 is 11.4 Å². The molecule has 0 spiro atoms. The molecule has 0 saturated heterocycles. The average molecular weight is 205 g/mol. The molecule has 0 unspecified atom stereocenters. The molecule has 0 saturated carbocycles. The Morgan fingerprint density at radius 1 is 1.27 bits per heavy atom. The number of aromatic nitrogens is 2. The highest BCUT2D eigenvalue weighted by molar-refractivity contribution is 5.76. The SMILES string of the molecule is NC(=O)CCc1ccc2[nH]c(=O)[nH]c2c1. The predicted octanol–water partition coefficient (Wildman–Crippen LogP) is 0.274. The van der Waals surface area contributed by atoms with Gasteiger partial charge in [-0.15, -0.1) is 0 Å². The van der Waals surface area contributed by atoms with Crippen molar-refractivity contribution in [2.75, 3.05) is 0 Å². The second-order valence-corrected chi connectivity index (χ2v) is 3.43. The van der Waals surface area contributed by atoms with Crippen molar-refractivity contribution in [1.82, 2.24) is 9.97 Å². The van der Waals surface area contributed by atoms with E-state index in [0.717, 1.165) is 16.6 Å². The second kappa shape index (κ2) is 3.61. The molecule has 0 atom stereocenters. The number of nitrogens with two attached hydrogens (primary N) is 1. The van der Waals surface area contributed by atoms with Crippen LogP contribution in [0.2, 0.25) is 0 Å². The molecule has 0 aliphatic rings. The molecule has 15 heavy (non-hydrogen) atoms. The third kappa shape index (κ3) is 2.07. The van der Waals surface area contributed by atoms with E-state index in [1.807, 2.05) is 18.2 Å². The first-order valence-corrected chi connectivity index (χ1v) is 4.64. The van der Waals surface area contributed by atoms with Gasteiger partial charge in [0.1, 0.15) is 0 Å². The first kappa shape index (κ1) is 9.51. The third-order valence-corrected chi connectivity index (χ3v) is 2.24. The van der Waals surface area contributed by atoms with Crippen LogP contribution in [-0.2, 0) is 11.2 Å². The Hall–Kier alpha value is -2.04. The minimum Gasteiger partial charge on any atom is -0.370 e. The van der Waals surface area contributed by atoms with E-state index in [1.54, 1.807) is 0 Å². The summed E-state index contributed by atoms with van der Waals surface area (Å²) in [7, 11) is 0. The van der Waals surface area contributed by atoms with E-state index in [0.29, 0.717) is 12.8 Å². The first-order chi connectivity index (χ1) is 7.15. The number of carbonyl (C=O) groups excluding carboxylic acids is 1. The Morgan fingerprint density at radius 2 is 2.00 bits per heavy atom. The molecule has 1 aromatic heterocycles. The van der Waals surface area contributed by atoms with Crippen molar-refractivity contribution in [2.24, 2.45) is 5.73 Å². The number of benzene rings is 1. The van der Waals surface area contributed by atoms with E-state index in [-0.39, 0.29) is 11.6 Å². The molecule has 5 heteroatoms. The van der Waals surface area contributed by atoms with Crippen LogP contribution >= 0.6 is 0 Å². The van der Waals surface area contributed by atoms with E-state index in [4.69, 9.17) is 5.73 Å². The number of fused-ring (bicyclic) bond motifs is 1. The monoisotopic (exact) mass is 205 g/mol. The Kier molecular flexibility index (Phi) is 2.29. The lowest BCUT2D eigenvalue weighted by Gasteiger charge is -1.98. The van der Waals surface area contributed by atoms with Crippen molar-refractivity contribution in [3.05, 3.63) is 34.2 Å². The summed E-state index contributed by atoms with van der Waals surface area (Å²) in [4.78, 5) is 26.9. The minimum atomic E-state index is -0.322. The molecule has 0 aliphatic heterocycles. The quantitative estimate of drug-likeness (QED) is 0.671. The molecule has 1 heterocycles. The predicted molar refractivity (Wildman–Crippen MR) is 56.4 cm³/mol. The van der Waals surface area contributed by atoms with Crippen molar-refractivity contribution >= 4 is 16.9 Å². The molecular formula is C10H11N3O2. The summed E-state index contributed by atoms with van der Waals surface area (Å²) in [5.74, 6) is -0.322. The van der Waals surface area contributed by atoms with Crippen molar-refractivity contribution in [3.8, 4) is 0 Å². The Balaban J connectivity index is 2.30. The van der Waals surface area contributed by atoms with E-state index >= 15 is 0 Å². The van der Waals surface area contributed by atoms with Gasteiger partial charge in [-0.25, -0.2) is 4.79 Å². The number of aromatic amines is 2. The third-order valence-electron chi connectivity index (χ3n) is 2.24. The summed E-state index contributed by atoms with van der Waals surface area (Å²) >= 11 is 0. The Labute approximate surface area is 85.3 Å². The molecule has 0 aliphatic carbocycles. The van der Waals surface area contributed by atoms with E-state index in [2.05, 4.69) is 9.97 Å². The number of primary amides is 1. The summed E-state index contributed by atoms with van der Waals surface area (Å²) in [6, 6.07) is 5.52. The summed E-state index contributed by atoms with van der Waals surface area (Å²) in [5, 5.41) is 0. The van der Waals surface area contributed by atoms with Crippen LogP contribution in [0.15, 0.2) is 23.0 Å². The zero-order valence-electron chi connectivity index (χ0n) is 8.04. The molecule has 5 nitrogen and oxygen atoms in total. The molecular weight excluding hydrogens is 194 g/mol. The number of amides is 1. The fraction of sp³-hybridized carbons (Fsp3) is 0.200. The molecule has 4 N–H and O–H groups in total. The van der Waals surface area contributed by atoms with Gasteiger partial charge in [0.05, 0.1) is 11.0 Å². The number of imidazole rings is 1. The number of H-pyrrole nitrogens is 2. The van der Waals surface area contributed by atoms with Crippen LogP contribution in [0.5, 0.6) is 0 Å². The van der Waals surface area contributed by atoms with Crippen molar-refractivity contribution < 1.29 is 4.79 Å². The largest absolute Gasteiger partial charge is 0.370 e. The number of carbonyl (C=O) groups is 1. The van der Waals surface area contributed by atoms with Crippen LogP contribution in [0.1, 0.15) is 12.0 Å². The van der Waals surface area contributed by atoms with Crippen LogP contribution in [0, 0.1) is 0 Å². The highest BCUT2D eigenvalue weighted by Crippen LogP contribution is 2.11. The Bertz CT molecular complexity index is 553. The van der Waals surface area contributed by atoms with Gasteiger partial charge in [0, 0.05) is 6.42 Å². The maximum Gasteiger partial charge on any atom is 0.323 e. The standard InChI is InChI=1S/C10H11N3O2/c11-9(14)4-2-6-1-3-7-8(5-6)13-10(15)12-7/h1,3,5H,2,4H2,(H2,11,14)(H2,12,13,15). The van der Waals surface area contributed by atoms with Gasteiger partial charge in [0.15, 0.2) is 0 Å². The molecule has 0 radical (unpaired) electrons. The van der Waals surface area contributed by atoms with E-state index in [9.17, 15) is 9.59 Å². The molecule has 0 bridgehead atoms. The lowest BCUT2D eigenvalue weighted by atomic mass is 10.1. The lowest BCUT2D eigenvalue weighted by molar-refractivity contribution is -0.117. The first-order valence-electron chi connectivity index (χ1n) is 4.64. The van der Waals surface area contributed by atoms with Crippen LogP contribution in [0.3, 0.4) is 0 Å². The van der Waals surface area contributed by atoms with Crippen LogP contribution in [-0.4, -0.2) is 15.9 Å². The Morgan fingerprint density at radius 3 is 2.73 bits per heavy atom. The lowest BCUT2D eigenvalue weighted by Crippen LogP contribution is -2.11. The average Bonchev–Trinajstić information content (AvgIpc) is 2.53. The fourth-order valence-corrected chi connectivity index (χ4v) is 1.50. The van der Waals surface area contributed by atoms with Gasteiger partial charge in [0.2, 0.25) is 5.91 Å². The molecule has 0 fully saturated rings. The van der Waals surface area contributed by atoms with Gasteiger partial charge in [-0.3, -0.25) is 4.79 Å². The highest BCUT2D eigenvalue weighted by Gasteiger charge is 2.01. The summed E-state index contributed by atoms with van der Waals surface area (Å²) in [6.07, 6.45) is 0.915. The maximum absolute atomic E-state index is 11.0. The van der Waals surface area contributed by atoms with Crippen molar-refractivity contribution in [1.29, 1.82) is 0 Å². The second-order valence-electron chi connectivity index (χ2n) is 3.43. The van der Waals surface area contributed by atoms with E-state index in [1.165, 1.54) is 0 Å². The van der Waals surface area contributed by atoms with Gasteiger partial charge in [-0.2, -0.15) is 0 Å². The van der Waals surface area contributed by atoms with Gasteiger partial charge in [-0.05, 0) is 24.1 Å². The highest BCUT2D eigenvalue weighted by atomic mass is 16.1. The fourth-order valence-electron chi connectivity index (χ4n) is 1.50. The smallest absolute Gasteiger partial charge is 0.323 e. The zero-order chi connectivity index (χ0) is 10.8. The maximum atomic E-state index is 11.0. The number of nitrogens with one attached hydrogen (secondary N) is 2. The normalized spacial score (nSPS) is 10.7. The number of hydrogen-bond acceptors (Lipinski definition) is 2. The molecule has 1 amide bonds. The molecule has 2 aromatic rings.